The molecule has 0 saturated carbocycles. The van der Waals surface area contributed by atoms with Crippen molar-refractivity contribution in [2.24, 2.45) is 0 Å². The van der Waals surface area contributed by atoms with Crippen molar-refractivity contribution in [3.8, 4) is 0 Å². The minimum Gasteiger partial charge on any atom is -0.459 e. The fraction of sp³-hybridized carbons (Fsp3) is 0.250. The molecule has 0 aromatic heterocycles. The third-order valence-corrected chi connectivity index (χ3v) is 6.23. The van der Waals surface area contributed by atoms with E-state index in [1.807, 2.05) is 0 Å². The largest absolute Gasteiger partial charge is 0.459 e. The molecule has 0 bridgehead atoms. The van der Waals surface area contributed by atoms with Crippen LogP contribution in [0.2, 0.25) is 0 Å². The number of esters is 3. The summed E-state index contributed by atoms with van der Waals surface area (Å²) in [6, 6.07) is 25.1. The molecule has 1 saturated heterocycles. The number of ether oxygens (including phenoxy) is 5. The minimum atomic E-state index is -1.20. The molecule has 3 aromatic carbocycles. The first-order valence-corrected chi connectivity index (χ1v) is 12.0. The molecular weight excluding hydrogens is 500 g/mol. The summed E-state index contributed by atoms with van der Waals surface area (Å²) in [5.41, 5.74) is 0.928. The molecule has 0 N–H and O–H groups in total. The van der Waals surface area contributed by atoms with Crippen molar-refractivity contribution in [3.63, 3.8) is 0 Å². The van der Waals surface area contributed by atoms with Crippen molar-refractivity contribution in [1.82, 2.24) is 0 Å². The van der Waals surface area contributed by atoms with Crippen LogP contribution in [0, 0.1) is 0 Å². The summed E-state index contributed by atoms with van der Waals surface area (Å²) in [6.45, 7) is -0.250. The van der Waals surface area contributed by atoms with Gasteiger partial charge in [0, 0.05) is 7.11 Å². The summed E-state index contributed by atoms with van der Waals surface area (Å²) >= 11 is 6.72. The molecule has 1 aliphatic heterocycles. The lowest BCUT2D eigenvalue weighted by molar-refractivity contribution is -0.259. The molecule has 5 unspecified atom stereocenters. The van der Waals surface area contributed by atoms with Crippen LogP contribution in [0.1, 0.15) is 31.1 Å². The third kappa shape index (κ3) is 6.54. The van der Waals surface area contributed by atoms with E-state index in [2.05, 4.69) is 0 Å². The first kappa shape index (κ1) is 26.3. The van der Waals surface area contributed by atoms with E-state index in [1.54, 1.807) is 91.0 Å². The number of rotatable bonds is 8. The van der Waals surface area contributed by atoms with Gasteiger partial charge in [0.25, 0.3) is 0 Å². The highest BCUT2D eigenvalue weighted by Gasteiger charge is 2.50. The third-order valence-electron chi connectivity index (χ3n) is 5.70. The van der Waals surface area contributed by atoms with E-state index in [0.29, 0.717) is 5.56 Å². The zero-order valence-corrected chi connectivity index (χ0v) is 20.7. The Morgan fingerprint density at radius 2 is 1.14 bits per heavy atom. The number of methoxy groups -OCH3 is 1. The molecule has 0 radical (unpaired) electrons. The average molecular weight is 525 g/mol. The van der Waals surface area contributed by atoms with Gasteiger partial charge < -0.3 is 23.7 Å². The Hall–Kier alpha value is -3.72. The number of hydrogen-bond acceptors (Lipinski definition) is 8. The van der Waals surface area contributed by atoms with Gasteiger partial charge in [0.2, 0.25) is 0 Å². The fourth-order valence-corrected chi connectivity index (χ4v) is 4.12. The molecule has 3 aromatic rings. The van der Waals surface area contributed by atoms with Gasteiger partial charge in [0.15, 0.2) is 18.5 Å². The SMILES string of the molecule is COC1OC(COC(=O)c2ccccc2)C(Cl)C(OC(=O)c2ccccc2)C1OC(=O)c1ccccc1. The van der Waals surface area contributed by atoms with E-state index in [0.717, 1.165) is 0 Å². The molecule has 192 valence electrons. The van der Waals surface area contributed by atoms with Crippen LogP contribution >= 0.6 is 11.6 Å². The number of hydrogen-bond donors (Lipinski definition) is 0. The van der Waals surface area contributed by atoms with Crippen LogP contribution in [0.5, 0.6) is 0 Å². The van der Waals surface area contributed by atoms with Crippen molar-refractivity contribution < 1.29 is 38.1 Å². The van der Waals surface area contributed by atoms with Crippen LogP contribution in [0.15, 0.2) is 91.0 Å². The number of halogens is 1. The molecule has 0 spiro atoms. The Balaban J connectivity index is 1.55. The number of carbonyl (C=O) groups is 3. The Labute approximate surface area is 219 Å². The van der Waals surface area contributed by atoms with E-state index in [1.165, 1.54) is 7.11 Å². The van der Waals surface area contributed by atoms with Gasteiger partial charge in [-0.05, 0) is 36.4 Å². The normalized spacial score (nSPS) is 23.0. The topological polar surface area (TPSA) is 97.4 Å². The highest BCUT2D eigenvalue weighted by atomic mass is 35.5. The number of carbonyl (C=O) groups excluding carboxylic acids is 3. The predicted molar refractivity (Wildman–Crippen MR) is 133 cm³/mol. The Bertz CT molecular complexity index is 1190. The lowest BCUT2D eigenvalue weighted by Crippen LogP contribution is -2.60. The quantitative estimate of drug-likeness (QED) is 0.245. The van der Waals surface area contributed by atoms with Crippen LogP contribution in [0.4, 0.5) is 0 Å². The van der Waals surface area contributed by atoms with E-state index >= 15 is 0 Å². The van der Waals surface area contributed by atoms with Gasteiger partial charge in [-0.3, -0.25) is 0 Å². The van der Waals surface area contributed by atoms with Crippen LogP contribution in [0.25, 0.3) is 0 Å². The van der Waals surface area contributed by atoms with Crippen molar-refractivity contribution in [3.05, 3.63) is 108 Å². The summed E-state index contributed by atoms with van der Waals surface area (Å²) in [4.78, 5) is 38.2. The van der Waals surface area contributed by atoms with Gasteiger partial charge in [-0.1, -0.05) is 54.6 Å². The molecule has 37 heavy (non-hydrogen) atoms. The van der Waals surface area contributed by atoms with Crippen LogP contribution < -0.4 is 0 Å². The maximum absolute atomic E-state index is 12.9. The highest BCUT2D eigenvalue weighted by molar-refractivity contribution is 6.21. The lowest BCUT2D eigenvalue weighted by atomic mass is 10.0. The van der Waals surface area contributed by atoms with Crippen LogP contribution in [-0.4, -0.2) is 61.6 Å². The molecular formula is C28H25ClO8. The van der Waals surface area contributed by atoms with Crippen molar-refractivity contribution in [2.45, 2.75) is 30.0 Å². The smallest absolute Gasteiger partial charge is 0.338 e. The minimum absolute atomic E-state index is 0.250. The predicted octanol–water partition coefficient (Wildman–Crippen LogP) is 4.27. The maximum Gasteiger partial charge on any atom is 0.338 e. The van der Waals surface area contributed by atoms with E-state index in [-0.39, 0.29) is 17.7 Å². The maximum atomic E-state index is 12.9. The molecule has 4 rings (SSSR count). The van der Waals surface area contributed by atoms with Gasteiger partial charge in [0.1, 0.15) is 18.1 Å². The lowest BCUT2D eigenvalue weighted by Gasteiger charge is -2.42. The zero-order valence-electron chi connectivity index (χ0n) is 19.9. The van der Waals surface area contributed by atoms with Crippen molar-refractivity contribution in [2.75, 3.05) is 13.7 Å². The standard InChI is InChI=1S/C28H25ClO8/c1-33-28-24(37-27(32)20-15-9-4-10-16-20)23(36-26(31)19-13-7-3-8-14-19)22(29)21(35-28)17-34-25(30)18-11-5-2-6-12-18/h2-16,21-24,28H,17H2,1H3. The van der Waals surface area contributed by atoms with Crippen LogP contribution in [0.3, 0.4) is 0 Å². The van der Waals surface area contributed by atoms with E-state index in [4.69, 9.17) is 35.3 Å². The van der Waals surface area contributed by atoms with Gasteiger partial charge in [-0.15, -0.1) is 11.6 Å². The first-order valence-electron chi connectivity index (χ1n) is 11.5. The summed E-state index contributed by atoms with van der Waals surface area (Å²) in [6.07, 6.45) is -4.47. The molecule has 1 heterocycles. The summed E-state index contributed by atoms with van der Waals surface area (Å²) in [7, 11) is 1.35. The van der Waals surface area contributed by atoms with Gasteiger partial charge in [-0.25, -0.2) is 14.4 Å². The number of benzene rings is 3. The molecule has 1 aliphatic rings. The second-order valence-corrected chi connectivity index (χ2v) is 8.66. The summed E-state index contributed by atoms with van der Waals surface area (Å²) < 4.78 is 28.2. The summed E-state index contributed by atoms with van der Waals surface area (Å²) in [5.74, 6) is -1.92. The van der Waals surface area contributed by atoms with E-state index < -0.39 is 47.9 Å². The first-order chi connectivity index (χ1) is 18.0. The Kier molecular flexibility index (Phi) is 8.90. The number of alkyl halides is 1. The fourth-order valence-electron chi connectivity index (χ4n) is 3.80. The van der Waals surface area contributed by atoms with Gasteiger partial charge >= 0.3 is 17.9 Å². The highest BCUT2D eigenvalue weighted by Crippen LogP contribution is 2.31. The van der Waals surface area contributed by atoms with Crippen molar-refractivity contribution >= 4 is 29.5 Å². The molecule has 1 fully saturated rings. The second-order valence-electron chi connectivity index (χ2n) is 8.16. The van der Waals surface area contributed by atoms with E-state index in [9.17, 15) is 14.4 Å². The zero-order chi connectivity index (χ0) is 26.2. The summed E-state index contributed by atoms with van der Waals surface area (Å²) in [5, 5.41) is -1.05. The van der Waals surface area contributed by atoms with Gasteiger partial charge in [0.05, 0.1) is 16.7 Å². The molecule has 9 heteroatoms. The van der Waals surface area contributed by atoms with Crippen molar-refractivity contribution in [1.29, 1.82) is 0 Å². The average Bonchev–Trinajstić information content (AvgIpc) is 2.95. The van der Waals surface area contributed by atoms with Crippen LogP contribution in [-0.2, 0) is 23.7 Å². The Morgan fingerprint density at radius 1 is 0.703 bits per heavy atom. The molecule has 8 nitrogen and oxygen atoms in total. The molecule has 5 atom stereocenters. The molecule has 0 aliphatic carbocycles. The second kappa shape index (κ2) is 12.5. The molecule has 0 amide bonds. The Morgan fingerprint density at radius 3 is 1.59 bits per heavy atom. The monoisotopic (exact) mass is 524 g/mol. The van der Waals surface area contributed by atoms with Gasteiger partial charge in [-0.2, -0.15) is 0 Å².